The van der Waals surface area contributed by atoms with Crippen LogP contribution in [0.3, 0.4) is 0 Å². The average molecular weight is 796 g/mol. The molecule has 4 rings (SSSR count). The standard InChI is InChI=1S/C36H54N2O2.C7H8O3S.Co.H2O/c1-33(2,3)25-17-23(31(39)27(19-25)35(7,8)9)21-37-29-15-13-14-16-30(29)38-22-24-18-26(34(4,5)6)20-28(32(24)40)36(10,11)12;1-6-2-4-7(5-3-6)11(8,9)10;;/h17-22,29-30,39-40H,13-16H2,1-12H3;2-5H,1H3,(H,8,9,10);;1H2/t29-,30-;;;/m1.../s1. The van der Waals surface area contributed by atoms with Crippen molar-refractivity contribution in [1.82, 2.24) is 0 Å². The molecule has 1 saturated carbocycles. The van der Waals surface area contributed by atoms with E-state index in [1.54, 1.807) is 12.1 Å². The second kappa shape index (κ2) is 18.1. The van der Waals surface area contributed by atoms with Gasteiger partial charge in [0.05, 0.1) is 17.0 Å². The molecule has 0 aliphatic heterocycles. The third-order valence-corrected chi connectivity index (χ3v) is 10.3. The molecule has 3 aromatic rings. The van der Waals surface area contributed by atoms with Crippen LogP contribution in [0, 0.1) is 6.92 Å². The molecule has 0 aromatic heterocycles. The largest absolute Gasteiger partial charge is 0.507 e. The molecule has 2 atom stereocenters. The zero-order valence-electron chi connectivity index (χ0n) is 34.1. The monoisotopic (exact) mass is 795 g/mol. The normalized spacial score (nSPS) is 17.2. The van der Waals surface area contributed by atoms with Crippen LogP contribution in [0.4, 0.5) is 0 Å². The molecule has 0 unspecified atom stereocenters. The van der Waals surface area contributed by atoms with Crippen molar-refractivity contribution < 1.29 is 45.4 Å². The summed E-state index contributed by atoms with van der Waals surface area (Å²) in [6, 6.07) is 14.5. The molecule has 1 aliphatic carbocycles. The van der Waals surface area contributed by atoms with E-state index in [1.165, 1.54) is 23.3 Å². The molecular formula is C43H64CoN2O6S. The van der Waals surface area contributed by atoms with Crippen LogP contribution >= 0.6 is 0 Å². The van der Waals surface area contributed by atoms with Crippen molar-refractivity contribution in [2.45, 2.75) is 154 Å². The molecular weight excluding hydrogens is 731 g/mol. The first kappa shape index (κ1) is 48.0. The summed E-state index contributed by atoms with van der Waals surface area (Å²) in [5.41, 5.74) is 6.35. The predicted octanol–water partition coefficient (Wildman–Crippen LogP) is 9.55. The van der Waals surface area contributed by atoms with Gasteiger partial charge in [-0.15, -0.1) is 0 Å². The molecule has 1 radical (unpaired) electrons. The maximum atomic E-state index is 11.2. The van der Waals surface area contributed by atoms with Crippen LogP contribution in [0.1, 0.15) is 148 Å². The van der Waals surface area contributed by atoms with Gasteiger partial charge in [0.2, 0.25) is 0 Å². The molecule has 5 N–H and O–H groups in total. The van der Waals surface area contributed by atoms with Crippen molar-refractivity contribution in [2.24, 2.45) is 9.98 Å². The van der Waals surface area contributed by atoms with Crippen molar-refractivity contribution in [1.29, 1.82) is 0 Å². The van der Waals surface area contributed by atoms with Crippen LogP contribution in [0.5, 0.6) is 11.5 Å². The van der Waals surface area contributed by atoms with E-state index in [0.29, 0.717) is 11.5 Å². The van der Waals surface area contributed by atoms with Gasteiger partial charge in [-0.3, -0.25) is 14.5 Å². The fourth-order valence-electron chi connectivity index (χ4n) is 6.02. The number of benzene rings is 3. The number of phenolic OH excluding ortho intramolecular Hbond substituents is 2. The third kappa shape index (κ3) is 13.4. The molecule has 1 fully saturated rings. The molecule has 0 heterocycles. The van der Waals surface area contributed by atoms with E-state index in [4.69, 9.17) is 14.5 Å². The van der Waals surface area contributed by atoms with Crippen LogP contribution in [-0.2, 0) is 48.6 Å². The first-order chi connectivity index (χ1) is 23.2. The van der Waals surface area contributed by atoms with Gasteiger partial charge in [0.25, 0.3) is 10.1 Å². The Labute approximate surface area is 329 Å². The number of nitrogens with zero attached hydrogens (tertiary/aromatic N) is 2. The van der Waals surface area contributed by atoms with Gasteiger partial charge in [0, 0.05) is 51.5 Å². The minimum Gasteiger partial charge on any atom is -0.507 e. The first-order valence-corrected chi connectivity index (χ1v) is 19.5. The molecule has 297 valence electrons. The molecule has 0 bridgehead atoms. The number of hydrogen-bond acceptors (Lipinski definition) is 6. The fraction of sp³-hybridized carbons (Fsp3) is 0.535. The van der Waals surface area contributed by atoms with Gasteiger partial charge < -0.3 is 15.7 Å². The summed E-state index contributed by atoms with van der Waals surface area (Å²) in [5.74, 6) is 0.637. The van der Waals surface area contributed by atoms with Crippen LogP contribution in [0.25, 0.3) is 0 Å². The van der Waals surface area contributed by atoms with Crippen LogP contribution in [-0.4, -0.2) is 53.2 Å². The Morgan fingerprint density at radius 3 is 1.25 bits per heavy atom. The maximum absolute atomic E-state index is 11.2. The summed E-state index contributed by atoms with van der Waals surface area (Å²) in [4.78, 5) is 9.99. The van der Waals surface area contributed by atoms with E-state index in [0.717, 1.165) is 53.5 Å². The van der Waals surface area contributed by atoms with Gasteiger partial charge >= 0.3 is 0 Å². The maximum Gasteiger partial charge on any atom is 0.294 e. The predicted molar refractivity (Wildman–Crippen MR) is 217 cm³/mol. The number of aliphatic imine (C=N–C) groups is 2. The van der Waals surface area contributed by atoms with Gasteiger partial charge in [-0.25, -0.2) is 0 Å². The van der Waals surface area contributed by atoms with Gasteiger partial charge in [-0.2, -0.15) is 8.42 Å². The second-order valence-corrected chi connectivity index (χ2v) is 19.6. The van der Waals surface area contributed by atoms with E-state index in [9.17, 15) is 18.6 Å². The van der Waals surface area contributed by atoms with E-state index >= 15 is 0 Å². The summed E-state index contributed by atoms with van der Waals surface area (Å²) in [5, 5.41) is 22.5. The number of rotatable bonds is 5. The molecule has 0 spiro atoms. The number of aromatic hydroxyl groups is 2. The van der Waals surface area contributed by atoms with Crippen molar-refractivity contribution in [2.75, 3.05) is 0 Å². The average Bonchev–Trinajstić information content (AvgIpc) is 2.98. The van der Waals surface area contributed by atoms with Crippen molar-refractivity contribution in [3.63, 3.8) is 0 Å². The van der Waals surface area contributed by atoms with Gasteiger partial charge in [-0.05, 0) is 76.8 Å². The second-order valence-electron chi connectivity index (χ2n) is 18.2. The van der Waals surface area contributed by atoms with Gasteiger partial charge in [0.1, 0.15) is 11.5 Å². The molecule has 0 saturated heterocycles. The molecule has 10 heteroatoms. The van der Waals surface area contributed by atoms with E-state index < -0.39 is 10.1 Å². The van der Waals surface area contributed by atoms with E-state index in [1.807, 2.05) is 19.4 Å². The zero-order valence-corrected chi connectivity index (χ0v) is 35.9. The number of hydrogen-bond donors (Lipinski definition) is 3. The van der Waals surface area contributed by atoms with Crippen LogP contribution < -0.4 is 0 Å². The van der Waals surface area contributed by atoms with Crippen molar-refractivity contribution in [3.8, 4) is 11.5 Å². The van der Waals surface area contributed by atoms with Crippen LogP contribution in [0.15, 0.2) is 63.4 Å². The summed E-state index contributed by atoms with van der Waals surface area (Å²) in [6.07, 6.45) is 7.90. The summed E-state index contributed by atoms with van der Waals surface area (Å²) in [6.45, 7) is 27.9. The van der Waals surface area contributed by atoms with E-state index in [2.05, 4.69) is 107 Å². The Morgan fingerprint density at radius 1 is 0.623 bits per heavy atom. The first-order valence-electron chi connectivity index (χ1n) is 18.1. The van der Waals surface area contributed by atoms with Gasteiger partial charge in [-0.1, -0.05) is 126 Å². The SMILES string of the molecule is CC(C)(C)c1cc(C=N[C@@H]2CCCC[C@H]2N=Cc2cc(C(C)(C)C)cc(C(C)(C)C)c2O)c(O)c(C(C)(C)C)c1.Cc1ccc(S(=O)(=O)O)cc1.O.[Co]. The summed E-state index contributed by atoms with van der Waals surface area (Å²) >= 11 is 0. The minimum atomic E-state index is -4.02. The third-order valence-electron chi connectivity index (χ3n) is 9.45. The van der Waals surface area contributed by atoms with Crippen molar-refractivity contribution in [3.05, 3.63) is 87.5 Å². The van der Waals surface area contributed by atoms with Crippen molar-refractivity contribution >= 4 is 22.5 Å². The topological polar surface area (TPSA) is 151 Å². The number of phenols is 2. The Morgan fingerprint density at radius 2 is 0.962 bits per heavy atom. The Balaban J connectivity index is 0.000000926. The molecule has 8 nitrogen and oxygen atoms in total. The summed E-state index contributed by atoms with van der Waals surface area (Å²) < 4.78 is 29.6. The fourth-order valence-corrected chi connectivity index (χ4v) is 6.50. The Kier molecular flexibility index (Phi) is 16.4. The molecule has 1 aliphatic rings. The quantitative estimate of drug-likeness (QED) is 0.174. The van der Waals surface area contributed by atoms with E-state index in [-0.39, 0.29) is 60.9 Å². The van der Waals surface area contributed by atoms with Crippen LogP contribution in [0.2, 0.25) is 0 Å². The smallest absolute Gasteiger partial charge is 0.294 e. The Hall–Kier alpha value is -3.02. The van der Waals surface area contributed by atoms with Gasteiger partial charge in [0.15, 0.2) is 0 Å². The Bertz CT molecular complexity index is 1740. The zero-order chi connectivity index (χ0) is 38.7. The summed E-state index contributed by atoms with van der Waals surface area (Å²) in [7, 11) is -4.02. The minimum absolute atomic E-state index is 0. The molecule has 0 amide bonds. The molecule has 53 heavy (non-hydrogen) atoms. The molecule has 3 aromatic carbocycles. The number of aryl methyl sites for hydroxylation is 1.